The van der Waals surface area contributed by atoms with E-state index < -0.39 is 6.17 Å². The zero-order valence-electron chi connectivity index (χ0n) is 20.7. The summed E-state index contributed by atoms with van der Waals surface area (Å²) in [5.74, 6) is 0.567. The fraction of sp³-hybridized carbons (Fsp3) is 0.250. The van der Waals surface area contributed by atoms with Gasteiger partial charge in [-0.05, 0) is 48.0 Å². The standard InChI is InChI=1S/C28H26Cl2N4O4/c1-19(35)27-31-34(21-5-3-2-4-6-21)28(33(27)22-9-12-24(29)25(30)17-22)20-7-10-23(11-8-20)38-18-26(36)32-13-15-37-16-14-32/h2-12,17,28H,13-16,18H2,1H3/t28-/m1/s1. The van der Waals surface area contributed by atoms with Crippen LogP contribution in [0.25, 0.3) is 0 Å². The van der Waals surface area contributed by atoms with Crippen LogP contribution in [-0.2, 0) is 14.3 Å². The van der Waals surface area contributed by atoms with E-state index in [1.807, 2.05) is 65.6 Å². The summed E-state index contributed by atoms with van der Waals surface area (Å²) in [5, 5.41) is 7.31. The molecule has 3 aromatic carbocycles. The van der Waals surface area contributed by atoms with Crippen molar-refractivity contribution >= 4 is 52.1 Å². The molecular formula is C28H26Cl2N4O4. The van der Waals surface area contributed by atoms with E-state index in [0.29, 0.717) is 47.8 Å². The Balaban J connectivity index is 1.45. The minimum Gasteiger partial charge on any atom is -0.484 e. The van der Waals surface area contributed by atoms with Crippen LogP contribution in [0.2, 0.25) is 10.0 Å². The molecule has 0 N–H and O–H groups in total. The van der Waals surface area contributed by atoms with Crippen LogP contribution in [0.15, 0.2) is 77.9 Å². The van der Waals surface area contributed by atoms with Crippen LogP contribution in [0, 0.1) is 0 Å². The summed E-state index contributed by atoms with van der Waals surface area (Å²) >= 11 is 12.5. The van der Waals surface area contributed by atoms with Crippen molar-refractivity contribution in [1.29, 1.82) is 0 Å². The van der Waals surface area contributed by atoms with Gasteiger partial charge in [-0.1, -0.05) is 53.5 Å². The second-order valence-electron chi connectivity index (χ2n) is 8.85. The third kappa shape index (κ3) is 5.48. The zero-order chi connectivity index (χ0) is 26.6. The van der Waals surface area contributed by atoms with Gasteiger partial charge in [-0.2, -0.15) is 0 Å². The second-order valence-corrected chi connectivity index (χ2v) is 9.67. The highest BCUT2D eigenvalue weighted by atomic mass is 35.5. The van der Waals surface area contributed by atoms with Gasteiger partial charge in [-0.15, -0.1) is 5.10 Å². The van der Waals surface area contributed by atoms with Gasteiger partial charge in [0.2, 0.25) is 0 Å². The van der Waals surface area contributed by atoms with Gasteiger partial charge in [-0.25, -0.2) is 5.01 Å². The molecule has 196 valence electrons. The highest BCUT2D eigenvalue weighted by molar-refractivity contribution is 6.45. The van der Waals surface area contributed by atoms with E-state index in [9.17, 15) is 9.59 Å². The van der Waals surface area contributed by atoms with Gasteiger partial charge >= 0.3 is 0 Å². The molecule has 0 unspecified atom stereocenters. The first-order valence-corrected chi connectivity index (χ1v) is 12.9. The Bertz CT molecular complexity index is 1340. The number of morpholine rings is 1. The van der Waals surface area contributed by atoms with Gasteiger partial charge in [0.15, 0.2) is 24.4 Å². The van der Waals surface area contributed by atoms with Crippen LogP contribution in [0.4, 0.5) is 11.4 Å². The maximum Gasteiger partial charge on any atom is 0.260 e. The predicted molar refractivity (Wildman–Crippen MR) is 148 cm³/mol. The summed E-state index contributed by atoms with van der Waals surface area (Å²) in [6.45, 7) is 3.66. The first-order valence-electron chi connectivity index (χ1n) is 12.2. The van der Waals surface area contributed by atoms with E-state index in [1.54, 1.807) is 22.0 Å². The smallest absolute Gasteiger partial charge is 0.260 e. The largest absolute Gasteiger partial charge is 0.484 e. The lowest BCUT2D eigenvalue weighted by Gasteiger charge is -2.32. The van der Waals surface area contributed by atoms with Crippen molar-refractivity contribution in [3.63, 3.8) is 0 Å². The van der Waals surface area contributed by atoms with Gasteiger partial charge in [0.1, 0.15) is 5.75 Å². The van der Waals surface area contributed by atoms with Gasteiger partial charge in [-0.3, -0.25) is 14.5 Å². The van der Waals surface area contributed by atoms with Crippen LogP contribution >= 0.6 is 23.2 Å². The maximum atomic E-state index is 12.7. The van der Waals surface area contributed by atoms with Crippen LogP contribution in [0.3, 0.4) is 0 Å². The number of anilines is 2. The van der Waals surface area contributed by atoms with Gasteiger partial charge in [0.05, 0.1) is 28.9 Å². The van der Waals surface area contributed by atoms with Gasteiger partial charge < -0.3 is 14.4 Å². The third-order valence-electron chi connectivity index (χ3n) is 6.33. The van der Waals surface area contributed by atoms with Gasteiger partial charge in [0.25, 0.3) is 5.91 Å². The first-order chi connectivity index (χ1) is 18.4. The van der Waals surface area contributed by atoms with Crippen molar-refractivity contribution in [3.05, 3.63) is 88.4 Å². The van der Waals surface area contributed by atoms with Crippen LogP contribution in [0.5, 0.6) is 5.75 Å². The molecule has 3 aromatic rings. The number of rotatable bonds is 7. The Kier molecular flexibility index (Phi) is 7.83. The Hall–Kier alpha value is -3.59. The van der Waals surface area contributed by atoms with E-state index in [-0.39, 0.29) is 24.1 Å². The number of para-hydroxylation sites is 1. The number of hydrogen-bond acceptors (Lipinski definition) is 7. The number of hydrogen-bond donors (Lipinski definition) is 0. The molecular weight excluding hydrogens is 527 g/mol. The molecule has 1 amide bonds. The number of amidine groups is 1. The van der Waals surface area contributed by atoms with E-state index >= 15 is 0 Å². The molecule has 0 aromatic heterocycles. The minimum atomic E-state index is -0.488. The summed E-state index contributed by atoms with van der Waals surface area (Å²) in [6, 6.07) is 22.3. The number of ketones is 1. The molecule has 2 heterocycles. The number of nitrogens with zero attached hydrogens (tertiary/aromatic N) is 4. The van der Waals surface area contributed by atoms with E-state index in [2.05, 4.69) is 0 Å². The number of amides is 1. The highest BCUT2D eigenvalue weighted by Gasteiger charge is 2.39. The molecule has 8 nitrogen and oxygen atoms in total. The molecule has 1 atom stereocenters. The average Bonchev–Trinajstić information content (AvgIpc) is 3.35. The van der Waals surface area contributed by atoms with Crippen molar-refractivity contribution < 1.29 is 19.1 Å². The third-order valence-corrected chi connectivity index (χ3v) is 7.07. The van der Waals surface area contributed by atoms with Crippen molar-refractivity contribution in [1.82, 2.24) is 4.90 Å². The molecule has 0 bridgehead atoms. The summed E-state index contributed by atoms with van der Waals surface area (Å²) in [6.07, 6.45) is -0.488. The quantitative estimate of drug-likeness (QED) is 0.403. The van der Waals surface area contributed by atoms with Gasteiger partial charge in [0, 0.05) is 25.7 Å². The molecule has 2 aliphatic rings. The molecule has 0 saturated carbocycles. The second kappa shape index (κ2) is 11.4. The van der Waals surface area contributed by atoms with Crippen molar-refractivity contribution in [2.75, 3.05) is 42.8 Å². The van der Waals surface area contributed by atoms with Crippen LogP contribution in [0.1, 0.15) is 18.7 Å². The SMILES string of the molecule is CC(=O)C1=NN(c2ccccc2)[C@H](c2ccc(OCC(=O)N3CCOCC3)cc2)N1c1ccc(Cl)c(Cl)c1. The molecule has 10 heteroatoms. The fourth-order valence-corrected chi connectivity index (χ4v) is 4.72. The molecule has 0 radical (unpaired) electrons. The monoisotopic (exact) mass is 552 g/mol. The number of carbonyl (C=O) groups excluding carboxylic acids is 2. The topological polar surface area (TPSA) is 74.7 Å². The molecule has 0 spiro atoms. The Morgan fingerprint density at radius 3 is 2.32 bits per heavy atom. The zero-order valence-corrected chi connectivity index (χ0v) is 22.2. The van der Waals surface area contributed by atoms with E-state index in [1.165, 1.54) is 6.92 Å². The molecule has 1 fully saturated rings. The lowest BCUT2D eigenvalue weighted by Crippen LogP contribution is -2.42. The lowest BCUT2D eigenvalue weighted by atomic mass is 10.1. The summed E-state index contributed by atoms with van der Waals surface area (Å²) in [5.41, 5.74) is 2.34. The van der Waals surface area contributed by atoms with Crippen molar-refractivity contribution in [3.8, 4) is 5.75 Å². The predicted octanol–water partition coefficient (Wildman–Crippen LogP) is 5.16. The number of Topliss-reactive ketones (excluding diaryl/α,β-unsaturated/α-hetero) is 1. The van der Waals surface area contributed by atoms with E-state index in [4.69, 9.17) is 37.8 Å². The Morgan fingerprint density at radius 1 is 0.947 bits per heavy atom. The van der Waals surface area contributed by atoms with Crippen molar-refractivity contribution in [2.45, 2.75) is 13.1 Å². The number of ether oxygens (including phenoxy) is 2. The number of halogens is 2. The Labute approximate surface area is 230 Å². The normalized spacial score (nSPS) is 17.4. The minimum absolute atomic E-state index is 0.0497. The first kappa shape index (κ1) is 26.0. The van der Waals surface area contributed by atoms with E-state index in [0.717, 1.165) is 11.3 Å². The fourth-order valence-electron chi connectivity index (χ4n) is 4.42. The molecule has 2 aliphatic heterocycles. The molecule has 38 heavy (non-hydrogen) atoms. The summed E-state index contributed by atoms with van der Waals surface area (Å²) in [4.78, 5) is 28.8. The molecule has 1 saturated heterocycles. The Morgan fingerprint density at radius 2 is 1.66 bits per heavy atom. The van der Waals surface area contributed by atoms with Crippen LogP contribution < -0.4 is 14.6 Å². The van der Waals surface area contributed by atoms with Crippen LogP contribution in [-0.4, -0.2) is 55.3 Å². The number of benzene rings is 3. The number of carbonyl (C=O) groups is 2. The molecule has 5 rings (SSSR count). The molecule has 0 aliphatic carbocycles. The highest BCUT2D eigenvalue weighted by Crippen LogP contribution is 2.40. The van der Waals surface area contributed by atoms with Crippen molar-refractivity contribution in [2.24, 2.45) is 5.10 Å². The maximum absolute atomic E-state index is 12.7. The average molecular weight is 553 g/mol. The summed E-state index contributed by atoms with van der Waals surface area (Å²) in [7, 11) is 0. The summed E-state index contributed by atoms with van der Waals surface area (Å²) < 4.78 is 11.1. The number of hydrazone groups is 1. The lowest BCUT2D eigenvalue weighted by molar-refractivity contribution is -0.137.